The first-order valence-corrected chi connectivity index (χ1v) is 10.2. The van der Waals surface area contributed by atoms with E-state index in [2.05, 4.69) is 35.0 Å². The molecule has 0 saturated carbocycles. The normalized spacial score (nSPS) is 15.4. The highest BCUT2D eigenvalue weighted by Gasteiger charge is 2.24. The second kappa shape index (κ2) is 8.52. The Hall–Kier alpha value is -3.08. The third kappa shape index (κ3) is 4.04. The smallest absolute Gasteiger partial charge is 0.223 e. The second-order valence-corrected chi connectivity index (χ2v) is 7.59. The standard InChI is InChI=1S/C24H27N3O2/c1-18(20-8-5-6-10-23(20)29-2)15-24(28)27-13-11-26(12-14-27)22-17-25-16-19-7-3-4-9-21(19)22/h3-10,16-18H,11-15H2,1-2H3. The van der Waals surface area contributed by atoms with Crippen LogP contribution in [0.5, 0.6) is 5.75 Å². The monoisotopic (exact) mass is 389 g/mol. The number of carbonyl (C=O) groups excluding carboxylic acids is 1. The lowest BCUT2D eigenvalue weighted by atomic mass is 9.96. The van der Waals surface area contributed by atoms with Crippen LogP contribution in [0, 0.1) is 0 Å². The van der Waals surface area contributed by atoms with Crippen LogP contribution < -0.4 is 9.64 Å². The van der Waals surface area contributed by atoms with Crippen molar-refractivity contribution in [1.82, 2.24) is 9.88 Å². The van der Waals surface area contributed by atoms with Crippen LogP contribution in [-0.2, 0) is 4.79 Å². The van der Waals surface area contributed by atoms with Gasteiger partial charge in [0, 0.05) is 49.6 Å². The third-order valence-electron chi connectivity index (χ3n) is 5.77. The number of fused-ring (bicyclic) bond motifs is 1. The van der Waals surface area contributed by atoms with Crippen LogP contribution >= 0.6 is 0 Å². The summed E-state index contributed by atoms with van der Waals surface area (Å²) in [7, 11) is 1.68. The summed E-state index contributed by atoms with van der Waals surface area (Å²) in [5.41, 5.74) is 2.24. The lowest BCUT2D eigenvalue weighted by Crippen LogP contribution is -2.49. The maximum absolute atomic E-state index is 12.9. The molecule has 5 heteroatoms. The number of pyridine rings is 1. The second-order valence-electron chi connectivity index (χ2n) is 7.59. The number of methoxy groups -OCH3 is 1. The minimum Gasteiger partial charge on any atom is -0.496 e. The quantitative estimate of drug-likeness (QED) is 0.659. The molecule has 1 saturated heterocycles. The van der Waals surface area contributed by atoms with Gasteiger partial charge in [0.1, 0.15) is 5.75 Å². The van der Waals surface area contributed by atoms with Gasteiger partial charge in [-0.25, -0.2) is 0 Å². The van der Waals surface area contributed by atoms with Crippen LogP contribution in [0.25, 0.3) is 10.8 Å². The molecule has 2 aromatic carbocycles. The van der Waals surface area contributed by atoms with E-state index in [9.17, 15) is 4.79 Å². The van der Waals surface area contributed by atoms with Crippen molar-refractivity contribution in [2.75, 3.05) is 38.2 Å². The lowest BCUT2D eigenvalue weighted by Gasteiger charge is -2.37. The predicted molar refractivity (Wildman–Crippen MR) is 117 cm³/mol. The van der Waals surface area contributed by atoms with E-state index in [1.54, 1.807) is 7.11 Å². The highest BCUT2D eigenvalue weighted by atomic mass is 16.5. The summed E-state index contributed by atoms with van der Waals surface area (Å²) < 4.78 is 5.45. The molecule has 1 aliphatic rings. The third-order valence-corrected chi connectivity index (χ3v) is 5.77. The van der Waals surface area contributed by atoms with Gasteiger partial charge in [0.05, 0.1) is 19.0 Å². The zero-order chi connectivity index (χ0) is 20.2. The van der Waals surface area contributed by atoms with Crippen LogP contribution in [-0.4, -0.2) is 49.1 Å². The number of nitrogens with zero attached hydrogens (tertiary/aromatic N) is 3. The number of anilines is 1. The van der Waals surface area contributed by atoms with Crippen molar-refractivity contribution in [2.45, 2.75) is 19.3 Å². The molecule has 0 bridgehead atoms. The number of benzene rings is 2. The summed E-state index contributed by atoms with van der Waals surface area (Å²) in [6.07, 6.45) is 4.33. The Morgan fingerprint density at radius 3 is 2.55 bits per heavy atom. The zero-order valence-electron chi connectivity index (χ0n) is 17.0. The van der Waals surface area contributed by atoms with E-state index in [0.717, 1.165) is 48.6 Å². The van der Waals surface area contributed by atoms with Gasteiger partial charge < -0.3 is 14.5 Å². The Morgan fingerprint density at radius 1 is 1.03 bits per heavy atom. The van der Waals surface area contributed by atoms with Gasteiger partial charge >= 0.3 is 0 Å². The molecule has 1 amide bonds. The van der Waals surface area contributed by atoms with Crippen molar-refractivity contribution in [3.63, 3.8) is 0 Å². The maximum atomic E-state index is 12.9. The fourth-order valence-electron chi connectivity index (χ4n) is 4.12. The van der Waals surface area contributed by atoms with Gasteiger partial charge in [0.15, 0.2) is 0 Å². The largest absolute Gasteiger partial charge is 0.496 e. The van der Waals surface area contributed by atoms with Gasteiger partial charge in [-0.3, -0.25) is 9.78 Å². The zero-order valence-corrected chi connectivity index (χ0v) is 17.0. The van der Waals surface area contributed by atoms with Gasteiger partial charge in [0.2, 0.25) is 5.91 Å². The summed E-state index contributed by atoms with van der Waals surface area (Å²) in [5.74, 6) is 1.18. The first-order chi connectivity index (χ1) is 14.2. The van der Waals surface area contributed by atoms with E-state index in [4.69, 9.17) is 4.74 Å². The summed E-state index contributed by atoms with van der Waals surface area (Å²) in [5, 5.41) is 2.36. The molecule has 0 spiro atoms. The molecule has 0 radical (unpaired) electrons. The number of hydrogen-bond acceptors (Lipinski definition) is 4. The number of aromatic nitrogens is 1. The van der Waals surface area contributed by atoms with Gasteiger partial charge in [-0.1, -0.05) is 49.4 Å². The molecule has 1 unspecified atom stereocenters. The van der Waals surface area contributed by atoms with Crippen molar-refractivity contribution < 1.29 is 9.53 Å². The highest BCUT2D eigenvalue weighted by molar-refractivity contribution is 5.93. The van der Waals surface area contributed by atoms with Gasteiger partial charge in [-0.05, 0) is 17.5 Å². The fraction of sp³-hybridized carbons (Fsp3) is 0.333. The van der Waals surface area contributed by atoms with E-state index in [-0.39, 0.29) is 11.8 Å². The van der Waals surface area contributed by atoms with Gasteiger partial charge in [-0.2, -0.15) is 0 Å². The summed E-state index contributed by atoms with van der Waals surface area (Å²) >= 11 is 0. The van der Waals surface area contributed by atoms with Crippen molar-refractivity contribution >= 4 is 22.4 Å². The molecule has 4 rings (SSSR count). The molecule has 150 valence electrons. The molecule has 1 aromatic heterocycles. The average molecular weight is 389 g/mol. The molecule has 2 heterocycles. The first-order valence-electron chi connectivity index (χ1n) is 10.2. The minimum atomic E-state index is 0.124. The highest BCUT2D eigenvalue weighted by Crippen LogP contribution is 2.30. The Balaban J connectivity index is 1.40. The van der Waals surface area contributed by atoms with Crippen molar-refractivity contribution in [3.8, 4) is 5.75 Å². The molecule has 5 nitrogen and oxygen atoms in total. The lowest BCUT2D eigenvalue weighted by molar-refractivity contribution is -0.131. The SMILES string of the molecule is COc1ccccc1C(C)CC(=O)N1CCN(c2cncc3ccccc23)CC1. The number of carbonyl (C=O) groups is 1. The Bertz CT molecular complexity index is 991. The van der Waals surface area contributed by atoms with E-state index >= 15 is 0 Å². The number of piperazine rings is 1. The molecule has 29 heavy (non-hydrogen) atoms. The topological polar surface area (TPSA) is 45.7 Å². The Kier molecular flexibility index (Phi) is 5.65. The number of amides is 1. The Morgan fingerprint density at radius 2 is 1.76 bits per heavy atom. The predicted octanol–water partition coefficient (Wildman–Crippen LogP) is 4.09. The number of ether oxygens (including phenoxy) is 1. The molecule has 1 fully saturated rings. The molecule has 0 aliphatic carbocycles. The summed E-state index contributed by atoms with van der Waals surface area (Å²) in [4.78, 5) is 21.6. The van der Waals surface area contributed by atoms with E-state index in [1.807, 2.05) is 47.6 Å². The Labute approximate surface area is 171 Å². The van der Waals surface area contributed by atoms with E-state index < -0.39 is 0 Å². The van der Waals surface area contributed by atoms with E-state index in [1.165, 1.54) is 5.39 Å². The molecule has 3 aromatic rings. The summed E-state index contributed by atoms with van der Waals surface area (Å²) in [6, 6.07) is 16.3. The van der Waals surface area contributed by atoms with Crippen LogP contribution in [0.2, 0.25) is 0 Å². The molecule has 1 aliphatic heterocycles. The van der Waals surface area contributed by atoms with Crippen LogP contribution in [0.4, 0.5) is 5.69 Å². The van der Waals surface area contributed by atoms with E-state index in [0.29, 0.717) is 6.42 Å². The van der Waals surface area contributed by atoms with Gasteiger partial charge in [0.25, 0.3) is 0 Å². The van der Waals surface area contributed by atoms with Crippen molar-refractivity contribution in [3.05, 3.63) is 66.5 Å². The molecule has 0 N–H and O–H groups in total. The number of rotatable bonds is 5. The minimum absolute atomic E-state index is 0.124. The maximum Gasteiger partial charge on any atom is 0.223 e. The molecular weight excluding hydrogens is 362 g/mol. The number of hydrogen-bond donors (Lipinski definition) is 0. The molecular formula is C24H27N3O2. The number of para-hydroxylation sites is 1. The van der Waals surface area contributed by atoms with Crippen molar-refractivity contribution in [2.24, 2.45) is 0 Å². The molecule has 1 atom stereocenters. The first kappa shape index (κ1) is 19.2. The summed E-state index contributed by atoms with van der Waals surface area (Å²) in [6.45, 7) is 5.21. The van der Waals surface area contributed by atoms with Crippen LogP contribution in [0.1, 0.15) is 24.8 Å². The van der Waals surface area contributed by atoms with Crippen LogP contribution in [0.15, 0.2) is 60.9 Å². The van der Waals surface area contributed by atoms with Crippen molar-refractivity contribution in [1.29, 1.82) is 0 Å². The van der Waals surface area contributed by atoms with Crippen LogP contribution in [0.3, 0.4) is 0 Å². The van der Waals surface area contributed by atoms with Gasteiger partial charge in [-0.15, -0.1) is 0 Å². The fourth-order valence-corrected chi connectivity index (χ4v) is 4.12. The average Bonchev–Trinajstić information content (AvgIpc) is 2.78.